The molecule has 0 radical (unpaired) electrons. The van der Waals surface area contributed by atoms with Crippen molar-refractivity contribution in [2.75, 3.05) is 24.2 Å². The standard InChI is InChI=1S/C11H17ClN4O3S/c1-2-5-14-9-4-3-8(12)10(16-9)11(17)15-6-7-20(13,18)19/h3-4H,2,5-7H2,1H3,(H,14,16)(H,15,17)(H2,13,18,19). The first-order valence-corrected chi connectivity index (χ1v) is 8.12. The zero-order valence-electron chi connectivity index (χ0n) is 11.0. The predicted molar refractivity (Wildman–Crippen MR) is 78.3 cm³/mol. The first kappa shape index (κ1) is 16.7. The van der Waals surface area contributed by atoms with E-state index < -0.39 is 15.9 Å². The maximum Gasteiger partial charge on any atom is 0.271 e. The molecule has 0 spiro atoms. The fourth-order valence-corrected chi connectivity index (χ4v) is 1.92. The van der Waals surface area contributed by atoms with Gasteiger partial charge in [0.05, 0.1) is 10.8 Å². The van der Waals surface area contributed by atoms with Gasteiger partial charge in [-0.05, 0) is 18.6 Å². The minimum Gasteiger partial charge on any atom is -0.370 e. The van der Waals surface area contributed by atoms with E-state index in [0.29, 0.717) is 5.82 Å². The molecule has 0 unspecified atom stereocenters. The molecule has 1 heterocycles. The van der Waals surface area contributed by atoms with Gasteiger partial charge in [0, 0.05) is 13.1 Å². The summed E-state index contributed by atoms with van der Waals surface area (Å²) >= 11 is 5.90. The normalized spacial score (nSPS) is 11.2. The second-order valence-electron chi connectivity index (χ2n) is 4.08. The number of anilines is 1. The van der Waals surface area contributed by atoms with Crippen molar-refractivity contribution in [2.24, 2.45) is 5.14 Å². The third-order valence-electron chi connectivity index (χ3n) is 2.29. The predicted octanol–water partition coefficient (Wildman–Crippen LogP) is 0.575. The van der Waals surface area contributed by atoms with Crippen molar-refractivity contribution in [3.05, 3.63) is 22.8 Å². The minimum absolute atomic E-state index is 0.0437. The monoisotopic (exact) mass is 320 g/mol. The minimum atomic E-state index is -3.61. The van der Waals surface area contributed by atoms with E-state index in [1.54, 1.807) is 12.1 Å². The number of nitrogens with two attached hydrogens (primary N) is 1. The van der Waals surface area contributed by atoms with E-state index in [1.807, 2.05) is 6.92 Å². The van der Waals surface area contributed by atoms with Crippen molar-refractivity contribution in [1.82, 2.24) is 10.3 Å². The van der Waals surface area contributed by atoms with E-state index >= 15 is 0 Å². The van der Waals surface area contributed by atoms with Crippen LogP contribution in [0.1, 0.15) is 23.8 Å². The highest BCUT2D eigenvalue weighted by molar-refractivity contribution is 7.89. The second-order valence-corrected chi connectivity index (χ2v) is 6.22. The molecule has 20 heavy (non-hydrogen) atoms. The fourth-order valence-electron chi connectivity index (χ4n) is 1.34. The van der Waals surface area contributed by atoms with Crippen molar-refractivity contribution in [3.8, 4) is 0 Å². The Hall–Kier alpha value is -1.38. The van der Waals surface area contributed by atoms with E-state index in [4.69, 9.17) is 16.7 Å². The van der Waals surface area contributed by atoms with Crippen LogP contribution in [-0.2, 0) is 10.0 Å². The van der Waals surface area contributed by atoms with Gasteiger partial charge in [-0.1, -0.05) is 18.5 Å². The second kappa shape index (κ2) is 7.41. The van der Waals surface area contributed by atoms with Crippen LogP contribution >= 0.6 is 11.6 Å². The van der Waals surface area contributed by atoms with Crippen molar-refractivity contribution in [3.63, 3.8) is 0 Å². The summed E-state index contributed by atoms with van der Waals surface area (Å²) < 4.78 is 21.5. The zero-order chi connectivity index (χ0) is 15.2. The SMILES string of the molecule is CCCNc1ccc(Cl)c(C(=O)NCCS(N)(=O)=O)n1. The molecule has 1 aromatic rings. The number of sulfonamides is 1. The van der Waals surface area contributed by atoms with Gasteiger partial charge in [-0.3, -0.25) is 4.79 Å². The molecule has 0 aromatic carbocycles. The average molecular weight is 321 g/mol. The summed E-state index contributed by atoms with van der Waals surface area (Å²) in [6, 6.07) is 3.22. The topological polar surface area (TPSA) is 114 Å². The Kier molecular flexibility index (Phi) is 6.18. The molecular weight excluding hydrogens is 304 g/mol. The van der Waals surface area contributed by atoms with Gasteiger partial charge in [-0.2, -0.15) is 0 Å². The van der Waals surface area contributed by atoms with Crippen LogP contribution in [0.15, 0.2) is 12.1 Å². The Morgan fingerprint density at radius 3 is 2.70 bits per heavy atom. The summed E-state index contributed by atoms with van der Waals surface area (Å²) in [7, 11) is -3.61. The number of carbonyl (C=O) groups excluding carboxylic acids is 1. The van der Waals surface area contributed by atoms with Crippen molar-refractivity contribution >= 4 is 33.3 Å². The van der Waals surface area contributed by atoms with Gasteiger partial charge < -0.3 is 10.6 Å². The van der Waals surface area contributed by atoms with Crippen LogP contribution in [0.2, 0.25) is 5.02 Å². The largest absolute Gasteiger partial charge is 0.370 e. The van der Waals surface area contributed by atoms with Gasteiger partial charge in [0.1, 0.15) is 11.5 Å². The lowest BCUT2D eigenvalue weighted by atomic mass is 10.3. The van der Waals surface area contributed by atoms with Gasteiger partial charge in [0.15, 0.2) is 0 Å². The molecule has 0 bridgehead atoms. The summed E-state index contributed by atoms with van der Waals surface area (Å²) in [4.78, 5) is 15.9. The molecule has 0 aliphatic rings. The van der Waals surface area contributed by atoms with Gasteiger partial charge in [-0.25, -0.2) is 18.5 Å². The van der Waals surface area contributed by atoms with Crippen LogP contribution < -0.4 is 15.8 Å². The number of primary sulfonamides is 1. The molecule has 4 N–H and O–H groups in total. The summed E-state index contributed by atoms with van der Waals surface area (Å²) in [5, 5.41) is 10.5. The Balaban J connectivity index is 2.71. The molecule has 9 heteroatoms. The molecule has 0 saturated carbocycles. The van der Waals surface area contributed by atoms with E-state index in [-0.39, 0.29) is 23.0 Å². The summed E-state index contributed by atoms with van der Waals surface area (Å²) in [5.41, 5.74) is 0.0437. The van der Waals surface area contributed by atoms with E-state index in [1.165, 1.54) is 0 Å². The van der Waals surface area contributed by atoms with Gasteiger partial charge in [0.25, 0.3) is 5.91 Å². The smallest absolute Gasteiger partial charge is 0.271 e. The number of aromatic nitrogens is 1. The highest BCUT2D eigenvalue weighted by Crippen LogP contribution is 2.16. The average Bonchev–Trinajstić information content (AvgIpc) is 2.36. The molecule has 1 amide bonds. The Bertz CT molecular complexity index is 577. The molecule has 1 aromatic heterocycles. The zero-order valence-corrected chi connectivity index (χ0v) is 12.6. The maximum absolute atomic E-state index is 11.9. The lowest BCUT2D eigenvalue weighted by Gasteiger charge is -2.08. The lowest BCUT2D eigenvalue weighted by Crippen LogP contribution is -2.32. The molecule has 0 saturated heterocycles. The Morgan fingerprint density at radius 2 is 2.10 bits per heavy atom. The Morgan fingerprint density at radius 1 is 1.40 bits per heavy atom. The number of amides is 1. The summed E-state index contributed by atoms with van der Waals surface area (Å²) in [6.45, 7) is 2.63. The number of halogens is 1. The van der Waals surface area contributed by atoms with Crippen LogP contribution in [-0.4, -0.2) is 38.2 Å². The van der Waals surface area contributed by atoms with Crippen molar-refractivity contribution < 1.29 is 13.2 Å². The van der Waals surface area contributed by atoms with Gasteiger partial charge in [0.2, 0.25) is 10.0 Å². The van der Waals surface area contributed by atoms with Crippen molar-refractivity contribution in [1.29, 1.82) is 0 Å². The number of hydrogen-bond acceptors (Lipinski definition) is 5. The van der Waals surface area contributed by atoms with E-state index in [9.17, 15) is 13.2 Å². The van der Waals surface area contributed by atoms with Gasteiger partial charge in [-0.15, -0.1) is 0 Å². The van der Waals surface area contributed by atoms with Crippen LogP contribution in [0.3, 0.4) is 0 Å². The molecule has 0 aliphatic heterocycles. The third kappa shape index (κ3) is 5.72. The molecule has 7 nitrogen and oxygen atoms in total. The third-order valence-corrected chi connectivity index (χ3v) is 3.37. The van der Waals surface area contributed by atoms with Crippen LogP contribution in [0.25, 0.3) is 0 Å². The molecular formula is C11H17ClN4O3S. The molecule has 0 aliphatic carbocycles. The highest BCUT2D eigenvalue weighted by Gasteiger charge is 2.13. The maximum atomic E-state index is 11.9. The van der Waals surface area contributed by atoms with Gasteiger partial charge >= 0.3 is 0 Å². The van der Waals surface area contributed by atoms with E-state index in [2.05, 4.69) is 15.6 Å². The lowest BCUT2D eigenvalue weighted by molar-refractivity contribution is 0.0951. The van der Waals surface area contributed by atoms with Crippen LogP contribution in [0.4, 0.5) is 5.82 Å². The highest BCUT2D eigenvalue weighted by atomic mass is 35.5. The van der Waals surface area contributed by atoms with E-state index in [0.717, 1.165) is 13.0 Å². The quantitative estimate of drug-likeness (QED) is 0.679. The number of nitrogens with one attached hydrogen (secondary N) is 2. The number of nitrogens with zero attached hydrogens (tertiary/aromatic N) is 1. The number of pyridine rings is 1. The first-order valence-electron chi connectivity index (χ1n) is 6.02. The van der Waals surface area contributed by atoms with Crippen LogP contribution in [0, 0.1) is 0 Å². The number of carbonyl (C=O) groups is 1. The Labute approximate surface area is 123 Å². The molecule has 0 atom stereocenters. The number of rotatable bonds is 7. The first-order chi connectivity index (χ1) is 9.33. The summed E-state index contributed by atoms with van der Waals surface area (Å²) in [5.74, 6) is -0.351. The molecule has 1 rings (SSSR count). The van der Waals surface area contributed by atoms with Crippen LogP contribution in [0.5, 0.6) is 0 Å². The van der Waals surface area contributed by atoms with Crippen molar-refractivity contribution in [2.45, 2.75) is 13.3 Å². The summed E-state index contributed by atoms with van der Waals surface area (Å²) in [6.07, 6.45) is 0.917. The fraction of sp³-hybridized carbons (Fsp3) is 0.455. The number of hydrogen-bond donors (Lipinski definition) is 3. The molecule has 112 valence electrons. The molecule has 0 fully saturated rings.